The molecule has 0 bridgehead atoms. The number of allylic oxidation sites excluding steroid dienone is 1. The summed E-state index contributed by atoms with van der Waals surface area (Å²) in [5.74, 6) is -1.01. The molecule has 5 nitrogen and oxygen atoms in total. The minimum atomic E-state index is -3.81. The van der Waals surface area contributed by atoms with Gasteiger partial charge in [0, 0.05) is 6.42 Å². The average molecular weight is 312 g/mol. The Hall–Kier alpha value is -1.66. The third-order valence-corrected chi connectivity index (χ3v) is 5.01. The Morgan fingerprint density at radius 3 is 2.33 bits per heavy atom. The van der Waals surface area contributed by atoms with Crippen LogP contribution in [-0.2, 0) is 14.6 Å². The highest BCUT2D eigenvalue weighted by Gasteiger charge is 2.25. The Bertz CT molecular complexity index is 614. The Balaban J connectivity index is 3.17. The molecule has 0 aromatic heterocycles. The first-order valence-corrected chi connectivity index (χ1v) is 8.19. The number of aliphatic hydroxyl groups is 1. The van der Waals surface area contributed by atoms with E-state index in [2.05, 4.69) is 0 Å². The van der Waals surface area contributed by atoms with E-state index in [1.165, 1.54) is 18.2 Å². The number of benzene rings is 1. The normalized spacial score (nSPS) is 14.0. The number of carboxylic acid groups (broad SMARTS) is 1. The highest BCUT2D eigenvalue weighted by atomic mass is 32.2. The number of hydrogen-bond donors (Lipinski definition) is 2. The van der Waals surface area contributed by atoms with Crippen LogP contribution in [0.1, 0.15) is 31.7 Å². The number of aliphatic carboxylic acids is 1. The molecule has 1 aromatic rings. The van der Waals surface area contributed by atoms with Crippen molar-refractivity contribution in [2.75, 3.05) is 0 Å². The van der Waals surface area contributed by atoms with Crippen LogP contribution in [0.3, 0.4) is 0 Å². The second kappa shape index (κ2) is 7.38. The van der Waals surface area contributed by atoms with Crippen LogP contribution < -0.4 is 0 Å². The van der Waals surface area contributed by atoms with Crippen molar-refractivity contribution < 1.29 is 23.4 Å². The maximum absolute atomic E-state index is 12.5. The van der Waals surface area contributed by atoms with Gasteiger partial charge in [-0.1, -0.05) is 30.7 Å². The Kier molecular flexibility index (Phi) is 6.11. The smallest absolute Gasteiger partial charge is 0.303 e. The van der Waals surface area contributed by atoms with Gasteiger partial charge in [0.05, 0.1) is 15.9 Å². The van der Waals surface area contributed by atoms with Crippen molar-refractivity contribution in [1.29, 1.82) is 0 Å². The van der Waals surface area contributed by atoms with Crippen LogP contribution in [-0.4, -0.2) is 30.7 Å². The molecule has 6 heteroatoms. The first kappa shape index (κ1) is 17.4. The van der Waals surface area contributed by atoms with Crippen molar-refractivity contribution in [3.05, 3.63) is 40.8 Å². The molecule has 1 unspecified atom stereocenters. The average Bonchev–Trinajstić information content (AvgIpc) is 2.42. The Labute approximate surface area is 124 Å². The van der Waals surface area contributed by atoms with Crippen LogP contribution in [0.4, 0.5) is 0 Å². The summed E-state index contributed by atoms with van der Waals surface area (Å²) in [4.78, 5) is 10.5. The SMILES string of the molecule is CCC(O)/C(=C\CCC(=O)O)S(=O)(=O)c1ccc(C)cc1. The summed E-state index contributed by atoms with van der Waals surface area (Å²) in [6.45, 7) is 3.52. The molecule has 0 radical (unpaired) electrons. The van der Waals surface area contributed by atoms with Gasteiger partial charge < -0.3 is 10.2 Å². The fourth-order valence-corrected chi connectivity index (χ4v) is 3.45. The molecule has 0 spiro atoms. The number of rotatable bonds is 7. The Morgan fingerprint density at radius 1 is 1.29 bits per heavy atom. The highest BCUT2D eigenvalue weighted by molar-refractivity contribution is 7.95. The predicted octanol–water partition coefficient (Wildman–Crippen LogP) is 2.29. The van der Waals surface area contributed by atoms with E-state index in [4.69, 9.17) is 5.11 Å². The van der Waals surface area contributed by atoms with Gasteiger partial charge in [-0.05, 0) is 31.9 Å². The van der Waals surface area contributed by atoms with E-state index < -0.39 is 21.9 Å². The number of hydrogen-bond acceptors (Lipinski definition) is 4. The van der Waals surface area contributed by atoms with Gasteiger partial charge in [0.1, 0.15) is 0 Å². The van der Waals surface area contributed by atoms with Crippen LogP contribution in [0.25, 0.3) is 0 Å². The van der Waals surface area contributed by atoms with Crippen LogP contribution >= 0.6 is 0 Å². The molecule has 0 saturated heterocycles. The predicted molar refractivity (Wildman–Crippen MR) is 79.6 cm³/mol. The molecule has 1 aromatic carbocycles. The van der Waals surface area contributed by atoms with E-state index in [0.717, 1.165) is 5.56 Å². The summed E-state index contributed by atoms with van der Waals surface area (Å²) in [5.41, 5.74) is 0.932. The van der Waals surface area contributed by atoms with Gasteiger partial charge in [0.25, 0.3) is 0 Å². The Morgan fingerprint density at radius 2 is 1.86 bits per heavy atom. The molecule has 0 heterocycles. The molecular weight excluding hydrogens is 292 g/mol. The lowest BCUT2D eigenvalue weighted by atomic mass is 10.2. The molecule has 116 valence electrons. The molecule has 1 rings (SSSR count). The maximum atomic E-state index is 12.5. The summed E-state index contributed by atoms with van der Waals surface area (Å²) >= 11 is 0. The summed E-state index contributed by atoms with van der Waals surface area (Å²) in [6.07, 6.45) is 0.294. The molecule has 2 N–H and O–H groups in total. The number of sulfone groups is 1. The molecule has 0 aliphatic carbocycles. The third kappa shape index (κ3) is 4.68. The van der Waals surface area contributed by atoms with Crippen molar-refractivity contribution in [1.82, 2.24) is 0 Å². The number of aryl methyl sites for hydroxylation is 1. The quantitative estimate of drug-likeness (QED) is 0.806. The van der Waals surface area contributed by atoms with E-state index in [1.54, 1.807) is 19.1 Å². The van der Waals surface area contributed by atoms with Crippen molar-refractivity contribution >= 4 is 15.8 Å². The summed E-state index contributed by atoms with van der Waals surface area (Å²) in [6, 6.07) is 6.33. The molecule has 0 amide bonds. The molecule has 0 fully saturated rings. The topological polar surface area (TPSA) is 91.7 Å². The van der Waals surface area contributed by atoms with Gasteiger partial charge in [0.15, 0.2) is 0 Å². The van der Waals surface area contributed by atoms with Gasteiger partial charge in [0.2, 0.25) is 9.84 Å². The van der Waals surface area contributed by atoms with Crippen LogP contribution in [0.5, 0.6) is 0 Å². The van der Waals surface area contributed by atoms with Gasteiger partial charge >= 0.3 is 5.97 Å². The van der Waals surface area contributed by atoms with Crippen LogP contribution in [0.2, 0.25) is 0 Å². The van der Waals surface area contributed by atoms with Crippen molar-refractivity contribution in [3.8, 4) is 0 Å². The number of aliphatic hydroxyl groups excluding tert-OH is 1. The minimum Gasteiger partial charge on any atom is -0.481 e. The zero-order chi connectivity index (χ0) is 16.0. The van der Waals surface area contributed by atoms with Gasteiger partial charge in [-0.15, -0.1) is 0 Å². The van der Waals surface area contributed by atoms with Crippen LogP contribution in [0, 0.1) is 6.92 Å². The van der Waals surface area contributed by atoms with E-state index >= 15 is 0 Å². The molecule has 0 saturated carbocycles. The molecule has 0 aliphatic rings. The fraction of sp³-hybridized carbons (Fsp3) is 0.400. The lowest BCUT2D eigenvalue weighted by molar-refractivity contribution is -0.136. The maximum Gasteiger partial charge on any atom is 0.303 e. The molecule has 0 aliphatic heterocycles. The summed E-state index contributed by atoms with van der Waals surface area (Å²) < 4.78 is 25.1. The van der Waals surface area contributed by atoms with Crippen molar-refractivity contribution in [2.45, 2.75) is 44.1 Å². The monoisotopic (exact) mass is 312 g/mol. The first-order valence-electron chi connectivity index (χ1n) is 6.70. The van der Waals surface area contributed by atoms with Crippen LogP contribution in [0.15, 0.2) is 40.1 Å². The lowest BCUT2D eigenvalue weighted by Gasteiger charge is -2.14. The largest absolute Gasteiger partial charge is 0.481 e. The number of carbonyl (C=O) groups is 1. The fourth-order valence-electron chi connectivity index (χ4n) is 1.82. The van der Waals surface area contributed by atoms with Gasteiger partial charge in [-0.3, -0.25) is 4.79 Å². The second-order valence-corrected chi connectivity index (χ2v) is 6.73. The van der Waals surface area contributed by atoms with Crippen molar-refractivity contribution in [3.63, 3.8) is 0 Å². The molecule has 21 heavy (non-hydrogen) atoms. The minimum absolute atomic E-state index is 0.0623. The summed E-state index contributed by atoms with van der Waals surface area (Å²) in [7, 11) is -3.81. The molecule has 1 atom stereocenters. The lowest BCUT2D eigenvalue weighted by Crippen LogP contribution is -2.18. The standard InChI is InChI=1S/C15H20O5S/c1-3-13(16)14(5-4-6-15(17)18)21(19,20)12-9-7-11(2)8-10-12/h5,7-10,13,16H,3-4,6H2,1-2H3,(H,17,18)/b14-5+. The van der Waals surface area contributed by atoms with E-state index in [9.17, 15) is 18.3 Å². The van der Waals surface area contributed by atoms with Gasteiger partial charge in [-0.25, -0.2) is 8.42 Å². The van der Waals surface area contributed by atoms with E-state index in [0.29, 0.717) is 0 Å². The zero-order valence-electron chi connectivity index (χ0n) is 12.1. The van der Waals surface area contributed by atoms with Gasteiger partial charge in [-0.2, -0.15) is 0 Å². The molecular formula is C15H20O5S. The first-order chi connectivity index (χ1) is 9.78. The van der Waals surface area contributed by atoms with Crippen molar-refractivity contribution in [2.24, 2.45) is 0 Å². The second-order valence-electron chi connectivity index (χ2n) is 4.78. The zero-order valence-corrected chi connectivity index (χ0v) is 12.9. The third-order valence-electron chi connectivity index (χ3n) is 3.06. The van der Waals surface area contributed by atoms with E-state index in [1.807, 2.05) is 6.92 Å². The summed E-state index contributed by atoms with van der Waals surface area (Å²) in [5, 5.41) is 18.6. The van der Waals surface area contributed by atoms with E-state index in [-0.39, 0.29) is 29.1 Å². The number of carboxylic acids is 1. The highest BCUT2D eigenvalue weighted by Crippen LogP contribution is 2.24.